The summed E-state index contributed by atoms with van der Waals surface area (Å²) in [7, 11) is -3.87. The van der Waals surface area contributed by atoms with Crippen molar-refractivity contribution in [2.75, 3.05) is 5.32 Å². The molecule has 3 aromatic rings. The van der Waals surface area contributed by atoms with E-state index >= 15 is 0 Å². The maximum atomic E-state index is 12.4. The number of rotatable bonds is 6. The van der Waals surface area contributed by atoms with Gasteiger partial charge in [0.25, 0.3) is 11.6 Å². The third-order valence-corrected chi connectivity index (χ3v) is 5.39. The number of furan rings is 1. The van der Waals surface area contributed by atoms with Gasteiger partial charge in [-0.15, -0.1) is 0 Å². The number of hydrogen-bond donors (Lipinski definition) is 2. The number of nitro benzene ring substituents is 1. The molecule has 3 rings (SSSR count). The zero-order valence-corrected chi connectivity index (χ0v) is 17.6. The minimum atomic E-state index is -3.87. The van der Waals surface area contributed by atoms with Crippen LogP contribution in [0.3, 0.4) is 0 Å². The lowest BCUT2D eigenvalue weighted by atomic mass is 10.1. The molecule has 0 unspecified atom stereocenters. The molecular weight excluding hydrogens is 460 g/mol. The van der Waals surface area contributed by atoms with E-state index in [-0.39, 0.29) is 38.4 Å². The van der Waals surface area contributed by atoms with Gasteiger partial charge in [-0.1, -0.05) is 11.6 Å². The molecule has 0 atom stereocenters. The Morgan fingerprint density at radius 2 is 1.88 bits per heavy atom. The van der Waals surface area contributed by atoms with Crippen molar-refractivity contribution in [2.45, 2.75) is 4.90 Å². The van der Waals surface area contributed by atoms with Crippen LogP contribution in [-0.4, -0.2) is 19.2 Å². The number of nitrogens with one attached hydrogen (secondary N) is 1. The molecule has 10 nitrogen and oxygen atoms in total. The normalized spacial score (nSPS) is 11.6. The average Bonchev–Trinajstić information content (AvgIpc) is 3.19. The zero-order valence-electron chi connectivity index (χ0n) is 16.0. The minimum absolute atomic E-state index is 0.102. The fraction of sp³-hybridized carbons (Fsp3) is 0. The number of amides is 1. The Bertz CT molecular complexity index is 1390. The van der Waals surface area contributed by atoms with Crippen LogP contribution in [0.25, 0.3) is 17.4 Å². The molecule has 1 aromatic heterocycles. The number of primary sulfonamides is 1. The molecule has 0 fully saturated rings. The van der Waals surface area contributed by atoms with Gasteiger partial charge in [0.15, 0.2) is 0 Å². The third-order valence-electron chi connectivity index (χ3n) is 4.15. The van der Waals surface area contributed by atoms with Crippen molar-refractivity contribution in [1.29, 1.82) is 5.26 Å². The van der Waals surface area contributed by atoms with Crippen LogP contribution in [0.5, 0.6) is 0 Å². The van der Waals surface area contributed by atoms with Crippen molar-refractivity contribution < 1.29 is 22.6 Å². The summed E-state index contributed by atoms with van der Waals surface area (Å²) < 4.78 is 28.2. The molecule has 0 saturated carbocycles. The van der Waals surface area contributed by atoms with E-state index < -0.39 is 20.9 Å². The average molecular weight is 473 g/mol. The number of nitro groups is 1. The molecule has 2 aromatic carbocycles. The summed E-state index contributed by atoms with van der Waals surface area (Å²) in [6.07, 6.45) is 1.21. The van der Waals surface area contributed by atoms with E-state index in [4.69, 9.17) is 21.2 Å². The summed E-state index contributed by atoms with van der Waals surface area (Å²) in [5, 5.41) is 27.8. The number of halogens is 1. The molecule has 0 aliphatic rings. The quantitative estimate of drug-likeness (QED) is 0.238. The predicted molar refractivity (Wildman–Crippen MR) is 116 cm³/mol. The lowest BCUT2D eigenvalue weighted by molar-refractivity contribution is -0.384. The highest BCUT2D eigenvalue weighted by atomic mass is 35.5. The van der Waals surface area contributed by atoms with Gasteiger partial charge in [0, 0.05) is 29.5 Å². The Morgan fingerprint density at radius 1 is 1.19 bits per heavy atom. The van der Waals surface area contributed by atoms with Crippen LogP contribution in [0.2, 0.25) is 5.02 Å². The van der Waals surface area contributed by atoms with E-state index in [9.17, 15) is 28.6 Å². The smallest absolute Gasteiger partial charge is 0.270 e. The molecule has 0 aliphatic carbocycles. The summed E-state index contributed by atoms with van der Waals surface area (Å²) in [5.74, 6) is -0.291. The molecule has 3 N–H and O–H groups in total. The number of carbonyl (C=O) groups is 1. The molecule has 0 aliphatic heterocycles. The summed E-state index contributed by atoms with van der Waals surface area (Å²) in [6.45, 7) is 0. The first-order valence-electron chi connectivity index (χ1n) is 8.68. The van der Waals surface area contributed by atoms with E-state index in [1.807, 2.05) is 0 Å². The van der Waals surface area contributed by atoms with Crippen molar-refractivity contribution in [2.24, 2.45) is 5.14 Å². The number of nitrogens with zero attached hydrogens (tertiary/aromatic N) is 2. The first-order chi connectivity index (χ1) is 15.1. The van der Waals surface area contributed by atoms with E-state index in [0.29, 0.717) is 5.56 Å². The van der Waals surface area contributed by atoms with Gasteiger partial charge in [-0.25, -0.2) is 13.6 Å². The zero-order chi connectivity index (χ0) is 23.5. The van der Waals surface area contributed by atoms with E-state index in [1.54, 1.807) is 6.07 Å². The maximum absolute atomic E-state index is 12.4. The number of sulfonamides is 1. The second-order valence-electron chi connectivity index (χ2n) is 6.32. The molecule has 0 radical (unpaired) electrons. The Morgan fingerprint density at radius 3 is 2.44 bits per heavy atom. The van der Waals surface area contributed by atoms with Gasteiger partial charge in [0.05, 0.1) is 14.8 Å². The number of anilines is 1. The van der Waals surface area contributed by atoms with Gasteiger partial charge in [-0.05, 0) is 42.5 Å². The number of non-ortho nitro benzene ring substituents is 1. The van der Waals surface area contributed by atoms with E-state index in [1.165, 1.54) is 60.7 Å². The van der Waals surface area contributed by atoms with Crippen LogP contribution >= 0.6 is 11.6 Å². The first-order valence-corrected chi connectivity index (χ1v) is 10.6. The van der Waals surface area contributed by atoms with Crippen molar-refractivity contribution in [3.8, 4) is 17.4 Å². The van der Waals surface area contributed by atoms with E-state index in [2.05, 4.69) is 5.32 Å². The van der Waals surface area contributed by atoms with Crippen molar-refractivity contribution in [3.63, 3.8) is 0 Å². The summed E-state index contributed by atoms with van der Waals surface area (Å²) >= 11 is 6.09. The molecule has 12 heteroatoms. The molecular formula is C20H13ClN4O6S. The van der Waals surface area contributed by atoms with Crippen molar-refractivity contribution in [3.05, 3.63) is 81.1 Å². The highest BCUT2D eigenvalue weighted by Gasteiger charge is 2.15. The minimum Gasteiger partial charge on any atom is -0.457 e. The molecule has 1 heterocycles. The lowest BCUT2D eigenvalue weighted by Crippen LogP contribution is -2.14. The standard InChI is InChI=1S/C20H13ClN4O6S/c21-18-10-14(25(27)28)3-7-17(18)19-8-4-15(31-19)9-12(11-22)20(26)24-13-1-5-16(6-2-13)32(23,29)30/h1-10H,(H,24,26)(H2,23,29,30). The molecule has 0 saturated heterocycles. The van der Waals surface area contributed by atoms with E-state index in [0.717, 1.165) is 0 Å². The number of carbonyl (C=O) groups excluding carboxylic acids is 1. The first kappa shape index (κ1) is 22.7. The molecule has 162 valence electrons. The largest absolute Gasteiger partial charge is 0.457 e. The summed E-state index contributed by atoms with van der Waals surface area (Å²) in [6, 6.07) is 13.8. The van der Waals surface area contributed by atoms with Crippen molar-refractivity contribution in [1.82, 2.24) is 0 Å². The van der Waals surface area contributed by atoms with Crippen LogP contribution in [-0.2, 0) is 14.8 Å². The monoisotopic (exact) mass is 472 g/mol. The van der Waals surface area contributed by atoms with Crippen LogP contribution < -0.4 is 10.5 Å². The highest BCUT2D eigenvalue weighted by molar-refractivity contribution is 7.89. The SMILES string of the molecule is N#CC(=Cc1ccc(-c2ccc([N+](=O)[O-])cc2Cl)o1)C(=O)Nc1ccc(S(N)(=O)=O)cc1. The summed E-state index contributed by atoms with van der Waals surface area (Å²) in [5.41, 5.74) is 0.193. The molecule has 0 bridgehead atoms. The van der Waals surface area contributed by atoms with Crippen LogP contribution in [0.4, 0.5) is 11.4 Å². The van der Waals surface area contributed by atoms with Gasteiger partial charge in [0.2, 0.25) is 10.0 Å². The number of hydrogen-bond acceptors (Lipinski definition) is 7. The van der Waals surface area contributed by atoms with Gasteiger partial charge in [-0.2, -0.15) is 5.26 Å². The van der Waals surface area contributed by atoms with Gasteiger partial charge in [-0.3, -0.25) is 14.9 Å². The fourth-order valence-electron chi connectivity index (χ4n) is 2.61. The lowest BCUT2D eigenvalue weighted by Gasteiger charge is -2.05. The van der Waals surface area contributed by atoms with Gasteiger partial charge >= 0.3 is 0 Å². The topological polar surface area (TPSA) is 169 Å². The van der Waals surface area contributed by atoms with Crippen LogP contribution in [0.15, 0.2) is 69.5 Å². The predicted octanol–water partition coefficient (Wildman–Crippen LogP) is 3.70. The molecule has 32 heavy (non-hydrogen) atoms. The number of nitriles is 1. The number of nitrogens with two attached hydrogens (primary N) is 1. The molecule has 1 amide bonds. The molecule has 0 spiro atoms. The Labute approximate surface area is 186 Å². The Kier molecular flexibility index (Phi) is 6.40. The third kappa shape index (κ3) is 5.19. The van der Waals surface area contributed by atoms with Crippen molar-refractivity contribution >= 4 is 45.0 Å². The van der Waals surface area contributed by atoms with Crippen LogP contribution in [0.1, 0.15) is 5.76 Å². The second-order valence-corrected chi connectivity index (χ2v) is 8.29. The Balaban J connectivity index is 1.80. The van der Waals surface area contributed by atoms with Gasteiger partial charge in [0.1, 0.15) is 23.2 Å². The summed E-state index contributed by atoms with van der Waals surface area (Å²) in [4.78, 5) is 22.5. The maximum Gasteiger partial charge on any atom is 0.270 e. The second kappa shape index (κ2) is 9.03. The fourth-order valence-corrected chi connectivity index (χ4v) is 3.39. The van der Waals surface area contributed by atoms with Gasteiger partial charge < -0.3 is 9.73 Å². The Hall–Kier alpha value is -3.98. The highest BCUT2D eigenvalue weighted by Crippen LogP contribution is 2.32. The van der Waals surface area contributed by atoms with Crippen LogP contribution in [0, 0.1) is 21.4 Å². The number of benzene rings is 2.